The quantitative estimate of drug-likeness (QED) is 0.653. The molecule has 3 N–H and O–H groups in total. The molecule has 0 aliphatic carbocycles. The standard InChI is InChI=1S/C19H12ClN3O2/c20-11-7-5-10(6-8-11)15-13(9-21)18(22)23-17-12-3-1-2-4-14(12)25-19(24)16(15)17/h1-8,15,23H,22H2/t15-/m1/s1. The molecule has 1 aromatic heterocycles. The molecule has 1 aliphatic heterocycles. The average Bonchev–Trinajstić information content (AvgIpc) is 2.61. The number of allylic oxidation sites excluding steroid dienone is 1. The first-order chi connectivity index (χ1) is 12.1. The van der Waals surface area contributed by atoms with Crippen molar-refractivity contribution in [2.45, 2.75) is 5.92 Å². The van der Waals surface area contributed by atoms with Crippen LogP contribution in [-0.4, -0.2) is 0 Å². The van der Waals surface area contributed by atoms with Crippen LogP contribution in [0.3, 0.4) is 0 Å². The van der Waals surface area contributed by atoms with Crippen molar-refractivity contribution in [3.05, 3.63) is 86.5 Å². The van der Waals surface area contributed by atoms with Crippen molar-refractivity contribution in [3.8, 4) is 6.07 Å². The van der Waals surface area contributed by atoms with Crippen LogP contribution in [0.1, 0.15) is 17.0 Å². The van der Waals surface area contributed by atoms with Crippen LogP contribution in [-0.2, 0) is 0 Å². The van der Waals surface area contributed by atoms with E-state index in [2.05, 4.69) is 11.4 Å². The van der Waals surface area contributed by atoms with E-state index in [0.717, 1.165) is 10.9 Å². The monoisotopic (exact) mass is 349 g/mol. The molecule has 5 nitrogen and oxygen atoms in total. The lowest BCUT2D eigenvalue weighted by atomic mass is 9.82. The zero-order valence-corrected chi connectivity index (χ0v) is 13.7. The molecule has 0 spiro atoms. The summed E-state index contributed by atoms with van der Waals surface area (Å²) in [5.41, 5.74) is 8.01. The second kappa shape index (κ2) is 5.69. The topological polar surface area (TPSA) is 92.0 Å². The predicted molar refractivity (Wildman–Crippen MR) is 96.2 cm³/mol. The van der Waals surface area contributed by atoms with Crippen LogP contribution in [0.2, 0.25) is 5.02 Å². The van der Waals surface area contributed by atoms with Gasteiger partial charge in [0.1, 0.15) is 11.4 Å². The summed E-state index contributed by atoms with van der Waals surface area (Å²) in [7, 11) is 0. The van der Waals surface area contributed by atoms with E-state index in [1.807, 2.05) is 12.1 Å². The van der Waals surface area contributed by atoms with Gasteiger partial charge in [0, 0.05) is 10.4 Å². The average molecular weight is 350 g/mol. The summed E-state index contributed by atoms with van der Waals surface area (Å²) in [5.74, 6) is -0.384. The van der Waals surface area contributed by atoms with Gasteiger partial charge in [0.2, 0.25) is 0 Å². The van der Waals surface area contributed by atoms with Gasteiger partial charge in [-0.2, -0.15) is 5.26 Å². The van der Waals surface area contributed by atoms with Crippen LogP contribution in [0.25, 0.3) is 11.0 Å². The van der Waals surface area contributed by atoms with Crippen molar-refractivity contribution in [1.82, 2.24) is 0 Å². The van der Waals surface area contributed by atoms with E-state index < -0.39 is 11.5 Å². The smallest absolute Gasteiger partial charge is 0.342 e. The summed E-state index contributed by atoms with van der Waals surface area (Å²) in [6.07, 6.45) is 0. The number of nitrogens with two attached hydrogens (primary N) is 1. The minimum atomic E-state index is -0.612. The molecule has 0 unspecified atom stereocenters. The third-order valence-corrected chi connectivity index (χ3v) is 4.55. The van der Waals surface area contributed by atoms with E-state index in [1.165, 1.54) is 0 Å². The molecule has 0 radical (unpaired) electrons. The summed E-state index contributed by atoms with van der Waals surface area (Å²) in [6, 6.07) is 16.3. The Morgan fingerprint density at radius 1 is 1.16 bits per heavy atom. The molecule has 3 aromatic rings. The van der Waals surface area contributed by atoms with Crippen molar-refractivity contribution >= 4 is 28.3 Å². The number of anilines is 1. The van der Waals surface area contributed by atoms with Crippen molar-refractivity contribution in [3.63, 3.8) is 0 Å². The lowest BCUT2D eigenvalue weighted by molar-refractivity contribution is 0.548. The maximum absolute atomic E-state index is 12.7. The van der Waals surface area contributed by atoms with E-state index in [1.54, 1.807) is 36.4 Å². The van der Waals surface area contributed by atoms with E-state index in [0.29, 0.717) is 21.9 Å². The summed E-state index contributed by atoms with van der Waals surface area (Å²) in [6.45, 7) is 0. The molecule has 4 rings (SSSR count). The molecule has 1 atom stereocenters. The number of rotatable bonds is 1. The fourth-order valence-corrected chi connectivity index (χ4v) is 3.30. The molecule has 122 valence electrons. The summed E-state index contributed by atoms with van der Waals surface area (Å²) in [5, 5.41) is 13.9. The lowest BCUT2D eigenvalue weighted by Gasteiger charge is -2.27. The van der Waals surface area contributed by atoms with Crippen LogP contribution in [0.15, 0.2) is 69.1 Å². The molecule has 1 aliphatic rings. The Morgan fingerprint density at radius 2 is 1.88 bits per heavy atom. The van der Waals surface area contributed by atoms with Crippen molar-refractivity contribution in [2.24, 2.45) is 5.73 Å². The Hall–Kier alpha value is -3.23. The highest BCUT2D eigenvalue weighted by molar-refractivity contribution is 6.30. The first-order valence-corrected chi connectivity index (χ1v) is 7.96. The highest BCUT2D eigenvalue weighted by atomic mass is 35.5. The van der Waals surface area contributed by atoms with Crippen LogP contribution in [0, 0.1) is 11.3 Å². The van der Waals surface area contributed by atoms with Crippen LogP contribution < -0.4 is 16.7 Å². The fourth-order valence-electron chi connectivity index (χ4n) is 3.18. The zero-order valence-electron chi connectivity index (χ0n) is 12.9. The van der Waals surface area contributed by atoms with Gasteiger partial charge in [0.25, 0.3) is 0 Å². The first-order valence-electron chi connectivity index (χ1n) is 7.58. The normalized spacial score (nSPS) is 16.2. The number of hydrogen-bond donors (Lipinski definition) is 2. The summed E-state index contributed by atoms with van der Waals surface area (Å²) < 4.78 is 5.47. The minimum absolute atomic E-state index is 0.228. The maximum atomic E-state index is 12.7. The molecule has 6 heteroatoms. The van der Waals surface area contributed by atoms with Crippen LogP contribution in [0.4, 0.5) is 5.69 Å². The number of hydrogen-bond acceptors (Lipinski definition) is 5. The highest BCUT2D eigenvalue weighted by Gasteiger charge is 2.33. The van der Waals surface area contributed by atoms with E-state index in [4.69, 9.17) is 21.8 Å². The molecule has 0 fully saturated rings. The number of nitriles is 1. The summed E-state index contributed by atoms with van der Waals surface area (Å²) >= 11 is 5.96. The predicted octanol–water partition coefficient (Wildman–Crippen LogP) is 3.70. The Morgan fingerprint density at radius 3 is 2.60 bits per heavy atom. The molecule has 0 saturated heterocycles. The molecule has 2 aromatic carbocycles. The van der Waals surface area contributed by atoms with Gasteiger partial charge in [-0.25, -0.2) is 4.79 Å². The van der Waals surface area contributed by atoms with Crippen molar-refractivity contribution in [2.75, 3.05) is 5.32 Å². The molecule has 0 saturated carbocycles. The SMILES string of the molecule is N#CC1=C(N)Nc2c(c(=O)oc3ccccc23)[C@@H]1c1ccc(Cl)cc1. The Kier molecular flexibility index (Phi) is 3.48. The van der Waals surface area contributed by atoms with Crippen molar-refractivity contribution in [1.29, 1.82) is 5.26 Å². The van der Waals surface area contributed by atoms with Gasteiger partial charge in [-0.05, 0) is 29.8 Å². The number of para-hydroxylation sites is 1. The van der Waals surface area contributed by atoms with Crippen LogP contribution >= 0.6 is 11.6 Å². The fraction of sp³-hybridized carbons (Fsp3) is 0.0526. The Bertz CT molecular complexity index is 1120. The molecular formula is C19H12ClN3O2. The molecular weight excluding hydrogens is 338 g/mol. The van der Waals surface area contributed by atoms with Gasteiger partial charge in [-0.15, -0.1) is 0 Å². The Labute approximate surface area is 147 Å². The van der Waals surface area contributed by atoms with Gasteiger partial charge in [0.15, 0.2) is 0 Å². The maximum Gasteiger partial charge on any atom is 0.342 e. The number of nitrogens with one attached hydrogen (secondary N) is 1. The molecule has 2 heterocycles. The number of benzene rings is 2. The van der Waals surface area contributed by atoms with Crippen LogP contribution in [0.5, 0.6) is 0 Å². The van der Waals surface area contributed by atoms with Gasteiger partial charge >= 0.3 is 5.63 Å². The second-order valence-electron chi connectivity index (χ2n) is 5.72. The van der Waals surface area contributed by atoms with Crippen molar-refractivity contribution < 1.29 is 4.42 Å². The van der Waals surface area contributed by atoms with Gasteiger partial charge in [-0.1, -0.05) is 35.9 Å². The number of nitrogens with zero attached hydrogens (tertiary/aromatic N) is 1. The van der Waals surface area contributed by atoms with Gasteiger partial charge in [-0.3, -0.25) is 0 Å². The van der Waals surface area contributed by atoms with E-state index in [-0.39, 0.29) is 11.4 Å². The minimum Gasteiger partial charge on any atom is -0.422 e. The third kappa shape index (κ3) is 2.35. The third-order valence-electron chi connectivity index (χ3n) is 4.30. The van der Waals surface area contributed by atoms with E-state index >= 15 is 0 Å². The first kappa shape index (κ1) is 15.3. The number of halogens is 1. The van der Waals surface area contributed by atoms with E-state index in [9.17, 15) is 10.1 Å². The molecule has 25 heavy (non-hydrogen) atoms. The van der Waals surface area contributed by atoms with Gasteiger partial charge < -0.3 is 15.5 Å². The highest BCUT2D eigenvalue weighted by Crippen LogP contribution is 2.41. The molecule has 0 amide bonds. The van der Waals surface area contributed by atoms with Gasteiger partial charge in [0.05, 0.1) is 28.8 Å². The number of fused-ring (bicyclic) bond motifs is 3. The Balaban J connectivity index is 2.08. The summed E-state index contributed by atoms with van der Waals surface area (Å²) in [4.78, 5) is 12.7. The largest absolute Gasteiger partial charge is 0.422 e. The lowest BCUT2D eigenvalue weighted by Crippen LogP contribution is -2.28. The zero-order chi connectivity index (χ0) is 17.6. The second-order valence-corrected chi connectivity index (χ2v) is 6.16. The molecule has 0 bridgehead atoms.